The Morgan fingerprint density at radius 1 is 1.13 bits per heavy atom. The third-order valence-corrected chi connectivity index (χ3v) is 5.64. The van der Waals surface area contributed by atoms with Crippen molar-refractivity contribution in [2.75, 3.05) is 13.7 Å². The van der Waals surface area contributed by atoms with E-state index in [0.717, 1.165) is 41.7 Å². The molecule has 0 bridgehead atoms. The molecular weight excluding hydrogens is 513 g/mol. The molecule has 30 heavy (non-hydrogen) atoms. The van der Waals surface area contributed by atoms with E-state index in [1.54, 1.807) is 25.4 Å². The normalized spacial score (nSPS) is 10.5. The van der Waals surface area contributed by atoms with Crippen LogP contribution in [-0.2, 0) is 19.7 Å². The Bertz CT molecular complexity index is 939. The molecule has 0 atom stereocenters. The van der Waals surface area contributed by atoms with Gasteiger partial charge < -0.3 is 19.4 Å². The Kier molecular flexibility index (Phi) is 10.3. The van der Waals surface area contributed by atoms with Crippen molar-refractivity contribution in [1.29, 1.82) is 0 Å². The minimum Gasteiger partial charge on any atom is -0.493 e. The molecule has 2 aromatic carbocycles. The van der Waals surface area contributed by atoms with E-state index in [1.807, 2.05) is 30.7 Å². The van der Waals surface area contributed by atoms with E-state index < -0.39 is 0 Å². The van der Waals surface area contributed by atoms with Gasteiger partial charge in [-0.05, 0) is 64.3 Å². The van der Waals surface area contributed by atoms with Gasteiger partial charge in [0, 0.05) is 25.5 Å². The third-order valence-electron chi connectivity index (χ3n) is 4.31. The lowest BCUT2D eigenvalue weighted by Crippen LogP contribution is -2.16. The molecule has 0 aliphatic rings. The lowest BCUT2D eigenvalue weighted by Gasteiger charge is -2.15. The first-order valence-electron chi connectivity index (χ1n) is 9.16. The first-order chi connectivity index (χ1) is 14.1. The number of aryl methyl sites for hydroxylation is 1. The summed E-state index contributed by atoms with van der Waals surface area (Å²) in [6.07, 6.45) is 6.62. The number of imidazole rings is 1. The highest BCUT2D eigenvalue weighted by molar-refractivity contribution is 9.10. The summed E-state index contributed by atoms with van der Waals surface area (Å²) in [6.45, 7) is 2.96. The third kappa shape index (κ3) is 7.06. The van der Waals surface area contributed by atoms with E-state index in [-0.39, 0.29) is 12.4 Å². The second-order valence-electron chi connectivity index (χ2n) is 6.48. The van der Waals surface area contributed by atoms with E-state index in [4.69, 9.17) is 32.7 Å². The molecule has 1 N–H and O–H groups in total. The van der Waals surface area contributed by atoms with Gasteiger partial charge >= 0.3 is 0 Å². The van der Waals surface area contributed by atoms with E-state index in [0.29, 0.717) is 28.2 Å². The second-order valence-corrected chi connectivity index (χ2v) is 8.15. The van der Waals surface area contributed by atoms with Crippen molar-refractivity contribution in [1.82, 2.24) is 14.9 Å². The minimum atomic E-state index is 0. The zero-order valence-corrected chi connectivity index (χ0v) is 20.3. The Morgan fingerprint density at radius 2 is 1.97 bits per heavy atom. The number of rotatable bonds is 10. The number of aromatic nitrogens is 2. The molecule has 162 valence electrons. The number of halogens is 4. The highest BCUT2D eigenvalue weighted by Crippen LogP contribution is 2.37. The van der Waals surface area contributed by atoms with Crippen molar-refractivity contribution in [3.63, 3.8) is 0 Å². The van der Waals surface area contributed by atoms with Crippen LogP contribution in [0.5, 0.6) is 11.5 Å². The first-order valence-corrected chi connectivity index (χ1v) is 10.7. The summed E-state index contributed by atoms with van der Waals surface area (Å²) in [7, 11) is 1.64. The maximum Gasteiger partial charge on any atom is 0.175 e. The highest BCUT2D eigenvalue weighted by Gasteiger charge is 2.12. The maximum absolute atomic E-state index is 6.07. The number of ether oxygens (including phenoxy) is 2. The van der Waals surface area contributed by atoms with Crippen molar-refractivity contribution in [2.45, 2.75) is 26.1 Å². The standard InChI is InChI=1S/C21H22BrCl2N3O2.ClH/c1-28-20-11-16(12-25-5-2-7-27-8-6-26-14-27)9-17(22)21(20)29-13-15-3-4-18(23)19(24)10-15;/h3-4,6,8-11,14,25H,2,5,7,12-13H2,1H3;1H. The number of methoxy groups -OCH3 is 1. The lowest BCUT2D eigenvalue weighted by molar-refractivity contribution is 0.282. The second kappa shape index (κ2) is 12.4. The van der Waals surface area contributed by atoms with Gasteiger partial charge in [0.25, 0.3) is 0 Å². The molecule has 0 fully saturated rings. The lowest BCUT2D eigenvalue weighted by atomic mass is 10.2. The molecule has 0 saturated carbocycles. The predicted octanol–water partition coefficient (Wildman–Crippen LogP) is 6.14. The smallest absolute Gasteiger partial charge is 0.175 e. The van der Waals surface area contributed by atoms with Crippen LogP contribution < -0.4 is 14.8 Å². The van der Waals surface area contributed by atoms with Gasteiger partial charge in [-0.1, -0.05) is 29.3 Å². The molecule has 0 spiro atoms. The van der Waals surface area contributed by atoms with Crippen LogP contribution in [0.4, 0.5) is 0 Å². The Hall–Kier alpha value is -1.44. The molecule has 3 aromatic rings. The number of hydrogen-bond donors (Lipinski definition) is 1. The number of hydrogen-bond acceptors (Lipinski definition) is 4. The molecule has 1 aromatic heterocycles. The maximum atomic E-state index is 6.07. The summed E-state index contributed by atoms with van der Waals surface area (Å²) in [4.78, 5) is 4.05. The molecule has 0 radical (unpaired) electrons. The number of benzene rings is 2. The zero-order chi connectivity index (χ0) is 20.6. The van der Waals surface area contributed by atoms with Gasteiger partial charge in [-0.15, -0.1) is 12.4 Å². The van der Waals surface area contributed by atoms with Crippen molar-refractivity contribution < 1.29 is 9.47 Å². The molecule has 9 heteroatoms. The van der Waals surface area contributed by atoms with E-state index in [9.17, 15) is 0 Å². The Morgan fingerprint density at radius 3 is 2.67 bits per heavy atom. The van der Waals surface area contributed by atoms with Gasteiger partial charge in [-0.2, -0.15) is 0 Å². The van der Waals surface area contributed by atoms with Crippen LogP contribution >= 0.6 is 51.5 Å². The van der Waals surface area contributed by atoms with Gasteiger partial charge in [0.1, 0.15) is 6.61 Å². The fourth-order valence-electron chi connectivity index (χ4n) is 2.84. The fourth-order valence-corrected chi connectivity index (χ4v) is 3.76. The van der Waals surface area contributed by atoms with Crippen LogP contribution in [0.15, 0.2) is 53.5 Å². The molecule has 1 heterocycles. The van der Waals surface area contributed by atoms with Crippen molar-refractivity contribution >= 4 is 51.5 Å². The van der Waals surface area contributed by atoms with Crippen molar-refractivity contribution in [3.8, 4) is 11.5 Å². The van der Waals surface area contributed by atoms with Crippen LogP contribution in [-0.4, -0.2) is 23.2 Å². The summed E-state index contributed by atoms with van der Waals surface area (Å²) < 4.78 is 14.4. The largest absolute Gasteiger partial charge is 0.493 e. The molecular formula is C21H23BrCl3N3O2. The summed E-state index contributed by atoms with van der Waals surface area (Å²) >= 11 is 15.6. The Labute approximate surface area is 201 Å². The van der Waals surface area contributed by atoms with Gasteiger partial charge in [0.05, 0.1) is 28.0 Å². The van der Waals surface area contributed by atoms with Crippen molar-refractivity contribution in [2.24, 2.45) is 0 Å². The monoisotopic (exact) mass is 533 g/mol. The van der Waals surface area contributed by atoms with Gasteiger partial charge in [-0.25, -0.2) is 4.98 Å². The number of nitrogens with one attached hydrogen (secondary N) is 1. The molecule has 5 nitrogen and oxygen atoms in total. The van der Waals surface area contributed by atoms with E-state index >= 15 is 0 Å². The zero-order valence-electron chi connectivity index (χ0n) is 16.4. The van der Waals surface area contributed by atoms with Crippen LogP contribution in [0.3, 0.4) is 0 Å². The first kappa shape index (κ1) is 24.8. The predicted molar refractivity (Wildman–Crippen MR) is 127 cm³/mol. The summed E-state index contributed by atoms with van der Waals surface area (Å²) in [6, 6.07) is 9.47. The van der Waals surface area contributed by atoms with Crippen LogP contribution in [0, 0.1) is 0 Å². The molecule has 0 aliphatic heterocycles. The summed E-state index contributed by atoms with van der Waals surface area (Å²) in [5.41, 5.74) is 2.04. The molecule has 0 saturated heterocycles. The SMILES string of the molecule is COc1cc(CNCCCn2ccnc2)cc(Br)c1OCc1ccc(Cl)c(Cl)c1.Cl. The summed E-state index contributed by atoms with van der Waals surface area (Å²) in [5, 5.41) is 4.49. The topological polar surface area (TPSA) is 48.3 Å². The molecule has 0 unspecified atom stereocenters. The van der Waals surface area contributed by atoms with Gasteiger partial charge in [-0.3, -0.25) is 0 Å². The average molecular weight is 536 g/mol. The molecule has 3 rings (SSSR count). The van der Waals surface area contributed by atoms with E-state index in [1.165, 1.54) is 0 Å². The van der Waals surface area contributed by atoms with Crippen LogP contribution in [0.1, 0.15) is 17.5 Å². The Balaban J connectivity index is 0.00000320. The average Bonchev–Trinajstić information content (AvgIpc) is 3.22. The fraction of sp³-hybridized carbons (Fsp3) is 0.286. The minimum absolute atomic E-state index is 0. The molecule has 0 amide bonds. The molecule has 0 aliphatic carbocycles. The van der Waals surface area contributed by atoms with Crippen LogP contribution in [0.2, 0.25) is 10.0 Å². The highest BCUT2D eigenvalue weighted by atomic mass is 79.9. The summed E-state index contributed by atoms with van der Waals surface area (Å²) in [5.74, 6) is 1.33. The van der Waals surface area contributed by atoms with Gasteiger partial charge in [0.2, 0.25) is 0 Å². The van der Waals surface area contributed by atoms with Gasteiger partial charge in [0.15, 0.2) is 11.5 Å². The van der Waals surface area contributed by atoms with Crippen LogP contribution in [0.25, 0.3) is 0 Å². The van der Waals surface area contributed by atoms with E-state index in [2.05, 4.69) is 30.8 Å². The number of nitrogens with zero attached hydrogens (tertiary/aromatic N) is 2. The quantitative estimate of drug-likeness (QED) is 0.317. The van der Waals surface area contributed by atoms with Crippen molar-refractivity contribution in [3.05, 3.63) is 74.7 Å².